The third-order valence-corrected chi connectivity index (χ3v) is 3.40. The second-order valence-electron chi connectivity index (χ2n) is 5.23. The summed E-state index contributed by atoms with van der Waals surface area (Å²) in [7, 11) is 1.58. The fraction of sp³-hybridized carbons (Fsp3) is 0.105. The molecule has 6 heteroatoms. The lowest BCUT2D eigenvalue weighted by molar-refractivity contribution is -0.132. The van der Waals surface area contributed by atoms with E-state index in [0.717, 1.165) is 5.56 Å². The number of hydrogen-bond acceptors (Lipinski definition) is 6. The lowest BCUT2D eigenvalue weighted by Crippen LogP contribution is -2.05. The van der Waals surface area contributed by atoms with Crippen LogP contribution in [0.2, 0.25) is 0 Å². The molecule has 2 aromatic carbocycles. The van der Waals surface area contributed by atoms with Crippen LogP contribution in [0.4, 0.5) is 0 Å². The number of rotatable bonds is 4. The van der Waals surface area contributed by atoms with E-state index in [-0.39, 0.29) is 17.6 Å². The third-order valence-electron chi connectivity index (χ3n) is 3.40. The molecular weight excluding hydrogens is 322 g/mol. The summed E-state index contributed by atoms with van der Waals surface area (Å²) in [5.74, 6) is 0.480. The van der Waals surface area contributed by atoms with Gasteiger partial charge in [0.05, 0.1) is 7.11 Å². The molecule has 0 bridgehead atoms. The van der Waals surface area contributed by atoms with Crippen molar-refractivity contribution in [3.8, 4) is 11.5 Å². The Labute approximate surface area is 144 Å². The monoisotopic (exact) mass is 337 g/mol. The lowest BCUT2D eigenvalue weighted by atomic mass is 10.2. The first-order chi connectivity index (χ1) is 12.0. The molecule has 0 fully saturated rings. The number of carbonyl (C=O) groups excluding carboxylic acids is 2. The molecule has 1 aliphatic heterocycles. The van der Waals surface area contributed by atoms with Crippen LogP contribution in [0.1, 0.15) is 18.1 Å². The molecule has 0 spiro atoms. The quantitative estimate of drug-likeness (QED) is 0.487. The van der Waals surface area contributed by atoms with E-state index in [4.69, 9.17) is 14.2 Å². The Bertz CT molecular complexity index is 864. The van der Waals surface area contributed by atoms with E-state index in [1.807, 2.05) is 0 Å². The Kier molecular flexibility index (Phi) is 4.61. The Morgan fingerprint density at radius 1 is 1.04 bits per heavy atom. The van der Waals surface area contributed by atoms with Gasteiger partial charge in [0, 0.05) is 12.5 Å². The maximum absolute atomic E-state index is 12.0. The SMILES string of the molecule is COc1ccc(C2=NC(=Cc3ccc(OC(C)=O)cc3)C(=O)O2)cc1. The zero-order valence-electron chi connectivity index (χ0n) is 13.7. The Morgan fingerprint density at radius 3 is 2.28 bits per heavy atom. The molecule has 0 unspecified atom stereocenters. The number of cyclic esters (lactones) is 1. The zero-order chi connectivity index (χ0) is 17.8. The van der Waals surface area contributed by atoms with Crippen LogP contribution in [-0.4, -0.2) is 24.9 Å². The highest BCUT2D eigenvalue weighted by atomic mass is 16.6. The number of nitrogens with zero attached hydrogens (tertiary/aromatic N) is 1. The van der Waals surface area contributed by atoms with Gasteiger partial charge in [-0.05, 0) is 48.0 Å². The average Bonchev–Trinajstić information content (AvgIpc) is 2.97. The summed E-state index contributed by atoms with van der Waals surface area (Å²) in [6.45, 7) is 1.33. The van der Waals surface area contributed by atoms with Crippen molar-refractivity contribution in [2.75, 3.05) is 7.11 Å². The van der Waals surface area contributed by atoms with Gasteiger partial charge in [-0.3, -0.25) is 4.79 Å². The van der Waals surface area contributed by atoms with Crippen LogP contribution in [0, 0.1) is 0 Å². The van der Waals surface area contributed by atoms with Crippen LogP contribution in [-0.2, 0) is 14.3 Å². The Balaban J connectivity index is 1.81. The van der Waals surface area contributed by atoms with E-state index in [2.05, 4.69) is 4.99 Å². The minimum atomic E-state index is -0.519. The summed E-state index contributed by atoms with van der Waals surface area (Å²) in [5.41, 5.74) is 1.62. The molecule has 0 N–H and O–H groups in total. The van der Waals surface area contributed by atoms with Gasteiger partial charge in [-0.15, -0.1) is 0 Å². The van der Waals surface area contributed by atoms with E-state index in [0.29, 0.717) is 17.1 Å². The third kappa shape index (κ3) is 3.92. The Hall–Kier alpha value is -3.41. The predicted octanol–water partition coefficient (Wildman–Crippen LogP) is 2.97. The molecule has 1 heterocycles. The van der Waals surface area contributed by atoms with Crippen LogP contribution in [0.25, 0.3) is 6.08 Å². The molecule has 6 nitrogen and oxygen atoms in total. The molecule has 0 saturated carbocycles. The molecule has 0 aromatic heterocycles. The van der Waals surface area contributed by atoms with Gasteiger partial charge in [0.2, 0.25) is 5.90 Å². The number of esters is 2. The van der Waals surface area contributed by atoms with Gasteiger partial charge >= 0.3 is 11.9 Å². The fourth-order valence-corrected chi connectivity index (χ4v) is 2.22. The number of benzene rings is 2. The summed E-state index contributed by atoms with van der Waals surface area (Å²) >= 11 is 0. The molecule has 0 amide bonds. The van der Waals surface area contributed by atoms with Crippen molar-refractivity contribution in [3.63, 3.8) is 0 Å². The minimum Gasteiger partial charge on any atom is -0.497 e. The van der Waals surface area contributed by atoms with Crippen molar-refractivity contribution in [2.45, 2.75) is 6.92 Å². The highest BCUT2D eigenvalue weighted by Crippen LogP contribution is 2.21. The molecule has 0 aliphatic carbocycles. The molecular formula is C19H15NO5. The van der Waals surface area contributed by atoms with Crippen molar-refractivity contribution in [3.05, 3.63) is 65.4 Å². The van der Waals surface area contributed by atoms with E-state index in [9.17, 15) is 9.59 Å². The molecule has 126 valence electrons. The van der Waals surface area contributed by atoms with Gasteiger partial charge in [-0.1, -0.05) is 12.1 Å². The summed E-state index contributed by atoms with van der Waals surface area (Å²) in [4.78, 5) is 27.1. The molecule has 0 atom stereocenters. The van der Waals surface area contributed by atoms with Crippen LogP contribution < -0.4 is 9.47 Å². The van der Waals surface area contributed by atoms with Gasteiger partial charge in [0.1, 0.15) is 11.5 Å². The van der Waals surface area contributed by atoms with Crippen molar-refractivity contribution < 1.29 is 23.8 Å². The van der Waals surface area contributed by atoms with Gasteiger partial charge in [0.25, 0.3) is 0 Å². The Morgan fingerprint density at radius 2 is 1.68 bits per heavy atom. The maximum atomic E-state index is 12.0. The first-order valence-corrected chi connectivity index (χ1v) is 7.50. The molecule has 2 aromatic rings. The van der Waals surface area contributed by atoms with Crippen molar-refractivity contribution >= 4 is 23.9 Å². The second-order valence-corrected chi connectivity index (χ2v) is 5.23. The van der Waals surface area contributed by atoms with E-state index in [1.165, 1.54) is 6.92 Å². The average molecular weight is 337 g/mol. The standard InChI is InChI=1S/C19H15NO5/c1-12(21)24-16-7-3-13(4-8-16)11-17-19(22)25-18(20-17)14-5-9-15(23-2)10-6-14/h3-11H,1-2H3. The number of methoxy groups -OCH3 is 1. The molecule has 0 saturated heterocycles. The highest BCUT2D eigenvalue weighted by Gasteiger charge is 2.24. The number of aliphatic imine (C=N–C) groups is 1. The number of carbonyl (C=O) groups is 2. The lowest BCUT2D eigenvalue weighted by Gasteiger charge is -2.01. The maximum Gasteiger partial charge on any atom is 0.363 e. The van der Waals surface area contributed by atoms with Crippen LogP contribution >= 0.6 is 0 Å². The summed E-state index contributed by atoms with van der Waals surface area (Å²) in [6.07, 6.45) is 1.61. The fourth-order valence-electron chi connectivity index (χ4n) is 2.22. The van der Waals surface area contributed by atoms with Gasteiger partial charge in [0.15, 0.2) is 5.70 Å². The summed E-state index contributed by atoms with van der Waals surface area (Å²) < 4.78 is 15.3. The van der Waals surface area contributed by atoms with E-state index < -0.39 is 5.97 Å². The molecule has 0 radical (unpaired) electrons. The van der Waals surface area contributed by atoms with Crippen LogP contribution in [0.3, 0.4) is 0 Å². The largest absolute Gasteiger partial charge is 0.497 e. The van der Waals surface area contributed by atoms with Crippen molar-refractivity contribution in [1.29, 1.82) is 0 Å². The molecule has 1 aliphatic rings. The van der Waals surface area contributed by atoms with Crippen LogP contribution in [0.5, 0.6) is 11.5 Å². The minimum absolute atomic E-state index is 0.200. The van der Waals surface area contributed by atoms with E-state index in [1.54, 1.807) is 61.7 Å². The van der Waals surface area contributed by atoms with Crippen LogP contribution in [0.15, 0.2) is 59.2 Å². The summed E-state index contributed by atoms with van der Waals surface area (Å²) in [5, 5.41) is 0. The second kappa shape index (κ2) is 7.00. The van der Waals surface area contributed by atoms with Gasteiger partial charge < -0.3 is 14.2 Å². The number of ether oxygens (including phenoxy) is 3. The topological polar surface area (TPSA) is 74.2 Å². The predicted molar refractivity (Wildman–Crippen MR) is 91.4 cm³/mol. The highest BCUT2D eigenvalue weighted by molar-refractivity contribution is 6.12. The molecule has 25 heavy (non-hydrogen) atoms. The molecule has 3 rings (SSSR count). The first-order valence-electron chi connectivity index (χ1n) is 7.50. The normalized spacial score (nSPS) is 14.9. The number of hydrogen-bond donors (Lipinski definition) is 0. The first kappa shape index (κ1) is 16.4. The zero-order valence-corrected chi connectivity index (χ0v) is 13.7. The van der Waals surface area contributed by atoms with Crippen molar-refractivity contribution in [2.24, 2.45) is 4.99 Å². The van der Waals surface area contributed by atoms with Crippen molar-refractivity contribution in [1.82, 2.24) is 0 Å². The van der Waals surface area contributed by atoms with E-state index >= 15 is 0 Å². The summed E-state index contributed by atoms with van der Waals surface area (Å²) in [6, 6.07) is 13.8. The smallest absolute Gasteiger partial charge is 0.363 e. The van der Waals surface area contributed by atoms with Gasteiger partial charge in [-0.2, -0.15) is 0 Å². The van der Waals surface area contributed by atoms with Gasteiger partial charge in [-0.25, -0.2) is 9.79 Å².